The zero-order chi connectivity index (χ0) is 15.2. The summed E-state index contributed by atoms with van der Waals surface area (Å²) in [5, 5.41) is 25.7. The molecule has 0 saturated heterocycles. The molecule has 21 heavy (non-hydrogen) atoms. The van der Waals surface area contributed by atoms with Crippen molar-refractivity contribution < 1.29 is 14.8 Å². The molecule has 0 spiro atoms. The third kappa shape index (κ3) is 4.42. The van der Waals surface area contributed by atoms with Crippen LogP contribution >= 0.6 is 0 Å². The second-order valence-corrected chi connectivity index (χ2v) is 5.22. The van der Waals surface area contributed by atoms with Crippen LogP contribution in [-0.2, 0) is 6.54 Å². The van der Waals surface area contributed by atoms with E-state index >= 15 is 0 Å². The van der Waals surface area contributed by atoms with Crippen LogP contribution < -0.4 is 10.6 Å². The Hall–Kier alpha value is -2.15. The summed E-state index contributed by atoms with van der Waals surface area (Å²) in [6.45, 7) is 0.109. The number of benzene rings is 1. The van der Waals surface area contributed by atoms with Gasteiger partial charge in [-0.1, -0.05) is 18.2 Å². The van der Waals surface area contributed by atoms with Crippen LogP contribution in [0.3, 0.4) is 0 Å². The topological polar surface area (TPSA) is 104 Å². The third-order valence-corrected chi connectivity index (χ3v) is 3.66. The summed E-state index contributed by atoms with van der Waals surface area (Å²) in [4.78, 5) is 22.2. The van der Waals surface area contributed by atoms with E-state index in [1.165, 1.54) is 6.07 Å². The van der Waals surface area contributed by atoms with Gasteiger partial charge in [0, 0.05) is 17.7 Å². The summed E-state index contributed by atoms with van der Waals surface area (Å²) >= 11 is 0. The molecule has 1 aromatic rings. The van der Waals surface area contributed by atoms with Crippen LogP contribution in [0.15, 0.2) is 24.3 Å². The highest BCUT2D eigenvalue weighted by molar-refractivity contribution is 5.74. The van der Waals surface area contributed by atoms with Gasteiger partial charge in [0.25, 0.3) is 5.69 Å². The van der Waals surface area contributed by atoms with Crippen molar-refractivity contribution in [3.63, 3.8) is 0 Å². The lowest BCUT2D eigenvalue weighted by Gasteiger charge is -2.26. The van der Waals surface area contributed by atoms with Gasteiger partial charge in [0.2, 0.25) is 0 Å². The van der Waals surface area contributed by atoms with E-state index in [9.17, 15) is 20.0 Å². The fraction of sp³-hybridized carbons (Fsp3) is 0.500. The first-order valence-corrected chi connectivity index (χ1v) is 7.01. The summed E-state index contributed by atoms with van der Waals surface area (Å²) in [5.41, 5.74) is 0.468. The smallest absolute Gasteiger partial charge is 0.315 e. The first-order chi connectivity index (χ1) is 10.1. The van der Waals surface area contributed by atoms with E-state index in [1.54, 1.807) is 18.2 Å². The average Bonchev–Trinajstić information content (AvgIpc) is 2.48. The molecule has 0 aromatic heterocycles. The lowest BCUT2D eigenvalue weighted by Crippen LogP contribution is -2.43. The molecule has 7 heteroatoms. The Morgan fingerprint density at radius 3 is 2.62 bits per heavy atom. The van der Waals surface area contributed by atoms with Gasteiger partial charge in [-0.15, -0.1) is 0 Å². The third-order valence-electron chi connectivity index (χ3n) is 3.66. The molecule has 114 valence electrons. The number of nitro groups is 1. The molecule has 0 heterocycles. The van der Waals surface area contributed by atoms with Crippen molar-refractivity contribution in [2.45, 2.75) is 44.4 Å². The average molecular weight is 293 g/mol. The highest BCUT2D eigenvalue weighted by Gasteiger charge is 2.21. The number of amides is 2. The number of hydrogen-bond acceptors (Lipinski definition) is 4. The monoisotopic (exact) mass is 293 g/mol. The van der Waals surface area contributed by atoms with Gasteiger partial charge in [0.1, 0.15) is 0 Å². The van der Waals surface area contributed by atoms with Crippen LogP contribution in [-0.4, -0.2) is 28.2 Å². The van der Waals surface area contributed by atoms with Crippen molar-refractivity contribution >= 4 is 11.7 Å². The van der Waals surface area contributed by atoms with E-state index in [4.69, 9.17) is 0 Å². The number of aliphatic hydroxyl groups excluding tert-OH is 1. The summed E-state index contributed by atoms with van der Waals surface area (Å²) in [6, 6.07) is 6.04. The molecule has 0 atom stereocenters. The summed E-state index contributed by atoms with van der Waals surface area (Å²) in [6.07, 6.45) is 2.61. The second kappa shape index (κ2) is 7.03. The number of nitrogens with one attached hydrogen (secondary N) is 2. The van der Waals surface area contributed by atoms with Crippen LogP contribution in [0, 0.1) is 10.1 Å². The second-order valence-electron chi connectivity index (χ2n) is 5.22. The maximum absolute atomic E-state index is 11.8. The maximum atomic E-state index is 11.8. The molecule has 3 N–H and O–H groups in total. The number of carbonyl (C=O) groups excluding carboxylic acids is 1. The van der Waals surface area contributed by atoms with Crippen LogP contribution in [0.5, 0.6) is 0 Å². The summed E-state index contributed by atoms with van der Waals surface area (Å²) < 4.78 is 0. The lowest BCUT2D eigenvalue weighted by atomic mass is 9.93. The molecule has 0 unspecified atom stereocenters. The van der Waals surface area contributed by atoms with E-state index < -0.39 is 4.92 Å². The van der Waals surface area contributed by atoms with Gasteiger partial charge in [-0.25, -0.2) is 4.79 Å². The van der Waals surface area contributed by atoms with Crippen LogP contribution in [0.1, 0.15) is 31.2 Å². The van der Waals surface area contributed by atoms with Crippen molar-refractivity contribution in [3.05, 3.63) is 39.9 Å². The molecule has 0 radical (unpaired) electrons. The van der Waals surface area contributed by atoms with E-state index in [0.717, 1.165) is 12.8 Å². The Kier molecular flexibility index (Phi) is 5.10. The SMILES string of the molecule is O=C(NCc1ccccc1[N+](=O)[O-])NC1CCC(O)CC1. The molecule has 2 rings (SSSR count). The Bertz CT molecular complexity index is 513. The van der Waals surface area contributed by atoms with Gasteiger partial charge in [0.15, 0.2) is 0 Å². The number of nitrogens with zero attached hydrogens (tertiary/aromatic N) is 1. The molecule has 0 bridgehead atoms. The molecule has 1 saturated carbocycles. The molecule has 2 amide bonds. The Morgan fingerprint density at radius 1 is 1.29 bits per heavy atom. The van der Waals surface area contributed by atoms with E-state index in [1.807, 2.05) is 0 Å². The number of rotatable bonds is 4. The number of carbonyl (C=O) groups is 1. The van der Waals surface area contributed by atoms with E-state index in [2.05, 4.69) is 10.6 Å². The predicted octanol–water partition coefficient (Wildman–Crippen LogP) is 1.70. The number of nitro benzene ring substituents is 1. The van der Waals surface area contributed by atoms with Crippen LogP contribution in [0.25, 0.3) is 0 Å². The lowest BCUT2D eigenvalue weighted by molar-refractivity contribution is -0.385. The fourth-order valence-electron chi connectivity index (χ4n) is 2.47. The fourth-order valence-corrected chi connectivity index (χ4v) is 2.47. The van der Waals surface area contributed by atoms with Crippen molar-refractivity contribution in [3.8, 4) is 0 Å². The summed E-state index contributed by atoms with van der Waals surface area (Å²) in [5.74, 6) is 0. The minimum absolute atomic E-state index is 0.00131. The normalized spacial score (nSPS) is 21.6. The van der Waals surface area contributed by atoms with Gasteiger partial charge in [-0.3, -0.25) is 10.1 Å². The zero-order valence-electron chi connectivity index (χ0n) is 11.6. The molecule has 1 aromatic carbocycles. The van der Waals surface area contributed by atoms with Crippen LogP contribution in [0.2, 0.25) is 0 Å². The first-order valence-electron chi connectivity index (χ1n) is 7.01. The number of hydrogen-bond donors (Lipinski definition) is 3. The van der Waals surface area contributed by atoms with E-state index in [-0.39, 0.29) is 30.4 Å². The van der Waals surface area contributed by atoms with Gasteiger partial charge in [-0.05, 0) is 25.7 Å². The standard InChI is InChI=1S/C14H19N3O4/c18-12-7-5-11(6-8-12)16-14(19)15-9-10-3-1-2-4-13(10)17(20)21/h1-4,11-12,18H,5-9H2,(H2,15,16,19). The Balaban J connectivity index is 1.83. The minimum Gasteiger partial charge on any atom is -0.393 e. The van der Waals surface area contributed by atoms with Crippen molar-refractivity contribution in [1.29, 1.82) is 0 Å². The van der Waals surface area contributed by atoms with Gasteiger partial charge < -0.3 is 15.7 Å². The first kappa shape index (κ1) is 15.2. The van der Waals surface area contributed by atoms with Gasteiger partial charge >= 0.3 is 6.03 Å². The highest BCUT2D eigenvalue weighted by Crippen LogP contribution is 2.19. The van der Waals surface area contributed by atoms with Crippen molar-refractivity contribution in [2.75, 3.05) is 0 Å². The summed E-state index contributed by atoms with van der Waals surface area (Å²) in [7, 11) is 0. The maximum Gasteiger partial charge on any atom is 0.315 e. The Morgan fingerprint density at radius 2 is 1.95 bits per heavy atom. The highest BCUT2D eigenvalue weighted by atomic mass is 16.6. The molecule has 0 aliphatic heterocycles. The number of aliphatic hydroxyl groups is 1. The predicted molar refractivity (Wildman–Crippen MR) is 76.7 cm³/mol. The Labute approximate surface area is 122 Å². The van der Waals surface area contributed by atoms with E-state index in [0.29, 0.717) is 18.4 Å². The molecular formula is C14H19N3O4. The quantitative estimate of drug-likeness (QED) is 0.580. The molecule has 1 fully saturated rings. The zero-order valence-corrected chi connectivity index (χ0v) is 11.6. The molecule has 1 aliphatic carbocycles. The van der Waals surface area contributed by atoms with Crippen molar-refractivity contribution in [2.24, 2.45) is 0 Å². The molecule has 1 aliphatic rings. The van der Waals surface area contributed by atoms with Gasteiger partial charge in [0.05, 0.1) is 17.6 Å². The number of urea groups is 1. The number of para-hydroxylation sites is 1. The van der Waals surface area contributed by atoms with Crippen molar-refractivity contribution in [1.82, 2.24) is 10.6 Å². The molecule has 7 nitrogen and oxygen atoms in total. The van der Waals surface area contributed by atoms with Gasteiger partial charge in [-0.2, -0.15) is 0 Å². The minimum atomic E-state index is -0.461. The van der Waals surface area contributed by atoms with Crippen LogP contribution in [0.4, 0.5) is 10.5 Å². The molecular weight excluding hydrogens is 274 g/mol. The largest absolute Gasteiger partial charge is 0.393 e.